The Labute approximate surface area is 127 Å². The van der Waals surface area contributed by atoms with Gasteiger partial charge in [0.1, 0.15) is 5.69 Å². The van der Waals surface area contributed by atoms with Crippen LogP contribution in [0.15, 0.2) is 12.3 Å². The number of nitrogens with zero attached hydrogens (tertiary/aromatic N) is 4. The van der Waals surface area contributed by atoms with Gasteiger partial charge in [-0.05, 0) is 26.0 Å². The molecule has 0 radical (unpaired) electrons. The number of aromatic nitrogens is 2. The molecule has 0 saturated carbocycles. The molecule has 1 spiro atoms. The first-order valence-corrected chi connectivity index (χ1v) is 7.35. The van der Waals surface area contributed by atoms with Crippen LogP contribution in [0, 0.1) is 0 Å². The first-order chi connectivity index (χ1) is 10.4. The molecule has 1 aromatic rings. The second-order valence-corrected chi connectivity index (χ2v) is 5.93. The maximum Gasteiger partial charge on any atom is 0.433 e. The molecule has 2 aliphatic rings. The van der Waals surface area contributed by atoms with Gasteiger partial charge in [0.05, 0.1) is 13.2 Å². The standard InChI is InChI=1S/C14H19F3N4O/c1-20-8-9-22-10-13(20)3-6-21(7-4-13)12-18-5-2-11(19-12)14(15,16)17/h2,5H,3-4,6-10H2,1H3. The van der Waals surface area contributed by atoms with Crippen LogP contribution in [0.4, 0.5) is 19.1 Å². The van der Waals surface area contributed by atoms with E-state index in [9.17, 15) is 13.2 Å². The third-order valence-electron chi connectivity index (χ3n) is 4.66. The van der Waals surface area contributed by atoms with Crippen LogP contribution < -0.4 is 4.90 Å². The van der Waals surface area contributed by atoms with Crippen LogP contribution in [0.5, 0.6) is 0 Å². The van der Waals surface area contributed by atoms with Crippen molar-refractivity contribution < 1.29 is 17.9 Å². The molecular weight excluding hydrogens is 297 g/mol. The molecule has 0 N–H and O–H groups in total. The number of rotatable bonds is 1. The Morgan fingerprint density at radius 2 is 1.95 bits per heavy atom. The van der Waals surface area contributed by atoms with Gasteiger partial charge in [0.25, 0.3) is 0 Å². The van der Waals surface area contributed by atoms with Gasteiger partial charge in [0, 0.05) is 31.4 Å². The zero-order chi connectivity index (χ0) is 15.8. The number of hydrogen-bond donors (Lipinski definition) is 0. The number of morpholine rings is 1. The average Bonchev–Trinajstić information content (AvgIpc) is 2.51. The predicted octanol–water partition coefficient (Wildman–Crippen LogP) is 1.80. The SMILES string of the molecule is CN1CCOCC12CCN(c1nccc(C(F)(F)F)n1)CC2. The van der Waals surface area contributed by atoms with E-state index in [2.05, 4.69) is 21.9 Å². The largest absolute Gasteiger partial charge is 0.433 e. The van der Waals surface area contributed by atoms with Gasteiger partial charge in [-0.3, -0.25) is 4.90 Å². The highest BCUT2D eigenvalue weighted by Crippen LogP contribution is 2.33. The fraction of sp³-hybridized carbons (Fsp3) is 0.714. The van der Waals surface area contributed by atoms with Crippen molar-refractivity contribution in [2.45, 2.75) is 24.6 Å². The summed E-state index contributed by atoms with van der Waals surface area (Å²) in [6.45, 7) is 3.57. The first kappa shape index (κ1) is 15.5. The van der Waals surface area contributed by atoms with Crippen LogP contribution in [-0.2, 0) is 10.9 Å². The fourth-order valence-corrected chi connectivity index (χ4v) is 3.12. The molecule has 0 bridgehead atoms. The Kier molecular flexibility index (Phi) is 3.98. The second-order valence-electron chi connectivity index (χ2n) is 5.93. The Morgan fingerprint density at radius 3 is 2.59 bits per heavy atom. The van der Waals surface area contributed by atoms with Crippen LogP contribution in [0.25, 0.3) is 0 Å². The summed E-state index contributed by atoms with van der Waals surface area (Å²) < 4.78 is 43.8. The number of ether oxygens (including phenoxy) is 1. The monoisotopic (exact) mass is 316 g/mol. The molecule has 0 aliphatic carbocycles. The highest BCUT2D eigenvalue weighted by atomic mass is 19.4. The molecular formula is C14H19F3N4O. The van der Waals surface area contributed by atoms with Crippen molar-refractivity contribution in [3.05, 3.63) is 18.0 Å². The van der Waals surface area contributed by atoms with Crippen molar-refractivity contribution in [3.63, 3.8) is 0 Å². The lowest BCUT2D eigenvalue weighted by Crippen LogP contribution is -2.60. The van der Waals surface area contributed by atoms with Gasteiger partial charge in [-0.15, -0.1) is 0 Å². The van der Waals surface area contributed by atoms with Crippen molar-refractivity contribution >= 4 is 5.95 Å². The van der Waals surface area contributed by atoms with Crippen LogP contribution in [0.2, 0.25) is 0 Å². The molecule has 0 amide bonds. The molecule has 1 aromatic heterocycles. The van der Waals surface area contributed by atoms with Crippen LogP contribution in [-0.4, -0.2) is 60.3 Å². The van der Waals surface area contributed by atoms with Crippen molar-refractivity contribution in [3.8, 4) is 0 Å². The van der Waals surface area contributed by atoms with Gasteiger partial charge in [0.2, 0.25) is 5.95 Å². The van der Waals surface area contributed by atoms with Crippen molar-refractivity contribution in [2.75, 3.05) is 44.8 Å². The summed E-state index contributed by atoms with van der Waals surface area (Å²) in [6.07, 6.45) is -1.59. The average molecular weight is 316 g/mol. The summed E-state index contributed by atoms with van der Waals surface area (Å²) in [7, 11) is 2.08. The van der Waals surface area contributed by atoms with Crippen LogP contribution >= 0.6 is 0 Å². The molecule has 2 fully saturated rings. The number of anilines is 1. The summed E-state index contributed by atoms with van der Waals surface area (Å²) in [5, 5.41) is 0. The van der Waals surface area contributed by atoms with Crippen molar-refractivity contribution in [1.82, 2.24) is 14.9 Å². The van der Waals surface area contributed by atoms with Crippen LogP contribution in [0.1, 0.15) is 18.5 Å². The predicted molar refractivity (Wildman–Crippen MR) is 74.7 cm³/mol. The summed E-state index contributed by atoms with van der Waals surface area (Å²) in [5.41, 5.74) is -0.896. The van der Waals surface area contributed by atoms with Gasteiger partial charge in [-0.25, -0.2) is 9.97 Å². The molecule has 3 heterocycles. The lowest BCUT2D eigenvalue weighted by Gasteiger charge is -2.49. The van der Waals surface area contributed by atoms with Gasteiger partial charge in [0.15, 0.2) is 0 Å². The summed E-state index contributed by atoms with van der Waals surface area (Å²) >= 11 is 0. The van der Waals surface area contributed by atoms with E-state index in [-0.39, 0.29) is 11.5 Å². The molecule has 0 atom stereocenters. The minimum Gasteiger partial charge on any atom is -0.378 e. The van der Waals surface area contributed by atoms with Crippen LogP contribution in [0.3, 0.4) is 0 Å². The summed E-state index contributed by atoms with van der Waals surface area (Å²) in [4.78, 5) is 11.8. The third-order valence-corrected chi connectivity index (χ3v) is 4.66. The van der Waals surface area contributed by atoms with E-state index < -0.39 is 11.9 Å². The van der Waals surface area contributed by atoms with Gasteiger partial charge in [-0.1, -0.05) is 0 Å². The van der Waals surface area contributed by atoms with Gasteiger partial charge < -0.3 is 9.64 Å². The Balaban J connectivity index is 1.71. The molecule has 8 heteroatoms. The lowest BCUT2D eigenvalue weighted by molar-refractivity contribution is -0.141. The van der Waals surface area contributed by atoms with E-state index in [0.717, 1.165) is 32.1 Å². The topological polar surface area (TPSA) is 41.5 Å². The number of halogens is 3. The summed E-state index contributed by atoms with van der Waals surface area (Å²) in [6, 6.07) is 0.900. The highest BCUT2D eigenvalue weighted by molar-refractivity contribution is 5.32. The van der Waals surface area contributed by atoms with E-state index in [1.807, 2.05) is 4.90 Å². The Hall–Kier alpha value is -1.41. The fourth-order valence-electron chi connectivity index (χ4n) is 3.12. The second kappa shape index (κ2) is 5.66. The van der Waals surface area contributed by atoms with E-state index in [0.29, 0.717) is 19.7 Å². The zero-order valence-electron chi connectivity index (χ0n) is 12.4. The molecule has 22 heavy (non-hydrogen) atoms. The molecule has 0 unspecified atom stereocenters. The van der Waals surface area contributed by atoms with E-state index in [4.69, 9.17) is 4.74 Å². The Bertz CT molecular complexity index is 529. The van der Waals surface area contributed by atoms with E-state index in [1.54, 1.807) is 0 Å². The number of alkyl halides is 3. The third kappa shape index (κ3) is 2.89. The Morgan fingerprint density at radius 1 is 1.23 bits per heavy atom. The minimum absolute atomic E-state index is 0.00358. The smallest absolute Gasteiger partial charge is 0.378 e. The normalized spacial score (nSPS) is 23.0. The number of hydrogen-bond acceptors (Lipinski definition) is 5. The lowest BCUT2D eigenvalue weighted by atomic mass is 9.86. The molecule has 122 valence electrons. The zero-order valence-corrected chi connectivity index (χ0v) is 12.4. The molecule has 2 saturated heterocycles. The number of likely N-dealkylation sites (N-methyl/N-ethyl adjacent to an activating group) is 1. The molecule has 5 nitrogen and oxygen atoms in total. The maximum absolute atomic E-state index is 12.7. The van der Waals surface area contributed by atoms with Crippen molar-refractivity contribution in [1.29, 1.82) is 0 Å². The number of piperidine rings is 1. The van der Waals surface area contributed by atoms with E-state index in [1.165, 1.54) is 6.20 Å². The maximum atomic E-state index is 12.7. The molecule has 0 aromatic carbocycles. The quantitative estimate of drug-likeness (QED) is 0.790. The highest BCUT2D eigenvalue weighted by Gasteiger charge is 2.41. The first-order valence-electron chi connectivity index (χ1n) is 7.35. The molecule has 3 rings (SSSR count). The minimum atomic E-state index is -4.44. The summed E-state index contributed by atoms with van der Waals surface area (Å²) in [5.74, 6) is 0.157. The van der Waals surface area contributed by atoms with Gasteiger partial charge >= 0.3 is 6.18 Å². The molecule has 2 aliphatic heterocycles. The van der Waals surface area contributed by atoms with Gasteiger partial charge in [-0.2, -0.15) is 13.2 Å². The van der Waals surface area contributed by atoms with Crippen molar-refractivity contribution in [2.24, 2.45) is 0 Å². The van der Waals surface area contributed by atoms with E-state index >= 15 is 0 Å².